The number of thiocarbonyl (C=S) groups is 1. The molecule has 2 bridgehead atoms. The smallest absolute Gasteiger partial charge is 0.166 e. The number of quaternary nitrogens is 1. The zero-order chi connectivity index (χ0) is 14.7. The number of hydrogen-bond donors (Lipinski definition) is 3. The average Bonchev–Trinajstić information content (AvgIpc) is 3.04. The highest BCUT2D eigenvalue weighted by Crippen LogP contribution is 2.27. The molecule has 1 aromatic rings. The number of nitrogens with one attached hydrogen (secondary N) is 3. The summed E-state index contributed by atoms with van der Waals surface area (Å²) < 4.78 is 5.28. The highest BCUT2D eigenvalue weighted by Gasteiger charge is 2.41. The summed E-state index contributed by atoms with van der Waals surface area (Å²) in [5.41, 5.74) is 0. The Bertz CT molecular complexity index is 488. The molecule has 1 aromatic heterocycles. The molecular weight excluding hydrogens is 282 g/mol. The molecule has 0 spiro atoms. The van der Waals surface area contributed by atoms with Crippen LogP contribution in [0.25, 0.3) is 0 Å². The van der Waals surface area contributed by atoms with Crippen molar-refractivity contribution in [3.05, 3.63) is 36.8 Å². The van der Waals surface area contributed by atoms with Crippen LogP contribution < -0.4 is 15.5 Å². The second-order valence-corrected chi connectivity index (χ2v) is 6.54. The van der Waals surface area contributed by atoms with Crippen LogP contribution in [0, 0.1) is 11.8 Å². The summed E-state index contributed by atoms with van der Waals surface area (Å²) in [6.07, 6.45) is 6.48. The lowest BCUT2D eigenvalue weighted by atomic mass is 9.76. The van der Waals surface area contributed by atoms with E-state index in [4.69, 9.17) is 16.6 Å². The maximum absolute atomic E-state index is 5.34. The third kappa shape index (κ3) is 3.47. The van der Waals surface area contributed by atoms with Crippen molar-refractivity contribution in [1.29, 1.82) is 0 Å². The molecule has 4 atom stereocenters. The van der Waals surface area contributed by atoms with Crippen molar-refractivity contribution in [3.63, 3.8) is 0 Å². The second-order valence-electron chi connectivity index (χ2n) is 6.14. The molecule has 0 amide bonds. The molecule has 21 heavy (non-hydrogen) atoms. The summed E-state index contributed by atoms with van der Waals surface area (Å²) in [6.45, 7) is 8.12. The van der Waals surface area contributed by atoms with E-state index in [0.29, 0.717) is 23.6 Å². The van der Waals surface area contributed by atoms with E-state index in [1.54, 1.807) is 11.2 Å². The molecule has 4 rings (SSSR count). The molecule has 4 nitrogen and oxygen atoms in total. The largest absolute Gasteiger partial charge is 0.467 e. The highest BCUT2D eigenvalue weighted by molar-refractivity contribution is 7.80. The van der Waals surface area contributed by atoms with E-state index in [2.05, 4.69) is 23.3 Å². The van der Waals surface area contributed by atoms with Crippen LogP contribution in [-0.4, -0.2) is 30.8 Å². The van der Waals surface area contributed by atoms with Crippen molar-refractivity contribution in [3.8, 4) is 0 Å². The first-order chi connectivity index (χ1) is 10.3. The number of fused-ring (bicyclic) bond motifs is 3. The fourth-order valence-corrected chi connectivity index (χ4v) is 3.87. The van der Waals surface area contributed by atoms with Gasteiger partial charge in [0, 0.05) is 18.8 Å². The third-order valence-electron chi connectivity index (χ3n) is 4.92. The molecule has 0 saturated carbocycles. The SMILES string of the molecule is C=C[C@H]1C[NH+]2CC[C@H]1C[C@@H]2CNC(=S)NCc1ccco1. The Labute approximate surface area is 131 Å². The second kappa shape index (κ2) is 6.62. The number of hydrogen-bond acceptors (Lipinski definition) is 2. The highest BCUT2D eigenvalue weighted by atomic mass is 32.1. The van der Waals surface area contributed by atoms with Crippen LogP contribution in [0.5, 0.6) is 0 Å². The number of piperidine rings is 3. The lowest BCUT2D eigenvalue weighted by molar-refractivity contribution is -0.944. The van der Waals surface area contributed by atoms with Gasteiger partial charge in [-0.2, -0.15) is 0 Å². The molecule has 3 aliphatic rings. The molecule has 3 fully saturated rings. The van der Waals surface area contributed by atoms with Gasteiger partial charge in [-0.05, 0) is 30.3 Å². The van der Waals surface area contributed by atoms with Gasteiger partial charge in [0.25, 0.3) is 0 Å². The lowest BCUT2D eigenvalue weighted by Crippen LogP contribution is -3.20. The summed E-state index contributed by atoms with van der Waals surface area (Å²) >= 11 is 5.34. The van der Waals surface area contributed by atoms with Crippen molar-refractivity contribution in [1.82, 2.24) is 10.6 Å². The minimum absolute atomic E-state index is 0.640. The Hall–Kier alpha value is -1.33. The standard InChI is InChI=1S/C16H23N3OS/c1-2-12-11-19-6-5-13(12)8-14(19)9-17-16(21)18-10-15-4-3-7-20-15/h2-4,7,12-14H,1,5-6,8-11H2,(H2,17,18,21)/p+1/t12-,13-,14+/m0/s1. The van der Waals surface area contributed by atoms with Crippen molar-refractivity contribution in [2.45, 2.75) is 25.4 Å². The third-order valence-corrected chi connectivity index (χ3v) is 5.21. The van der Waals surface area contributed by atoms with Crippen LogP contribution in [0.4, 0.5) is 0 Å². The maximum atomic E-state index is 5.34. The molecule has 5 heteroatoms. The van der Waals surface area contributed by atoms with Crippen LogP contribution >= 0.6 is 12.2 Å². The maximum Gasteiger partial charge on any atom is 0.166 e. The molecule has 3 aliphatic heterocycles. The van der Waals surface area contributed by atoms with Crippen molar-refractivity contribution < 1.29 is 9.32 Å². The van der Waals surface area contributed by atoms with E-state index < -0.39 is 0 Å². The molecule has 3 N–H and O–H groups in total. The van der Waals surface area contributed by atoms with Crippen LogP contribution in [-0.2, 0) is 6.54 Å². The van der Waals surface area contributed by atoms with E-state index >= 15 is 0 Å². The predicted molar refractivity (Wildman–Crippen MR) is 87.0 cm³/mol. The first-order valence-corrected chi connectivity index (χ1v) is 8.18. The van der Waals surface area contributed by atoms with Crippen molar-refractivity contribution in [2.24, 2.45) is 11.8 Å². The molecule has 1 unspecified atom stereocenters. The topological polar surface area (TPSA) is 41.6 Å². The quantitative estimate of drug-likeness (QED) is 0.554. The van der Waals surface area contributed by atoms with Crippen LogP contribution in [0.2, 0.25) is 0 Å². The molecular formula is C16H24N3OS+. The summed E-state index contributed by atoms with van der Waals surface area (Å²) in [5.74, 6) is 2.45. The molecule has 4 heterocycles. The minimum atomic E-state index is 0.640. The van der Waals surface area contributed by atoms with Crippen LogP contribution in [0.3, 0.4) is 0 Å². The zero-order valence-corrected chi connectivity index (χ0v) is 13.1. The summed E-state index contributed by atoms with van der Waals surface area (Å²) in [4.78, 5) is 1.71. The minimum Gasteiger partial charge on any atom is -0.467 e. The van der Waals surface area contributed by atoms with Gasteiger partial charge in [-0.1, -0.05) is 6.08 Å². The Kier molecular flexibility index (Phi) is 4.60. The van der Waals surface area contributed by atoms with Gasteiger partial charge in [0.1, 0.15) is 11.8 Å². The van der Waals surface area contributed by atoms with Gasteiger partial charge < -0.3 is 20.0 Å². The van der Waals surface area contributed by atoms with Gasteiger partial charge in [0.2, 0.25) is 0 Å². The lowest BCUT2D eigenvalue weighted by Gasteiger charge is -2.46. The Morgan fingerprint density at radius 1 is 1.52 bits per heavy atom. The fraction of sp³-hybridized carbons (Fsp3) is 0.562. The monoisotopic (exact) mass is 306 g/mol. The van der Waals surface area contributed by atoms with E-state index in [0.717, 1.165) is 18.2 Å². The molecule has 0 radical (unpaired) electrons. The van der Waals surface area contributed by atoms with E-state index in [9.17, 15) is 0 Å². The van der Waals surface area contributed by atoms with Gasteiger partial charge >= 0.3 is 0 Å². The summed E-state index contributed by atoms with van der Waals surface area (Å²) in [7, 11) is 0. The van der Waals surface area contributed by atoms with E-state index in [-0.39, 0.29) is 0 Å². The Morgan fingerprint density at radius 2 is 2.43 bits per heavy atom. The van der Waals surface area contributed by atoms with Crippen molar-refractivity contribution >= 4 is 17.3 Å². The molecule has 114 valence electrons. The molecule has 0 aliphatic carbocycles. The van der Waals surface area contributed by atoms with E-state index in [1.165, 1.54) is 25.9 Å². The summed E-state index contributed by atoms with van der Waals surface area (Å²) in [5, 5.41) is 7.27. The zero-order valence-electron chi connectivity index (χ0n) is 12.3. The average molecular weight is 306 g/mol. The van der Waals surface area contributed by atoms with Gasteiger partial charge in [-0.15, -0.1) is 6.58 Å². The van der Waals surface area contributed by atoms with Gasteiger partial charge in [-0.25, -0.2) is 0 Å². The fourth-order valence-electron chi connectivity index (χ4n) is 3.71. The van der Waals surface area contributed by atoms with Gasteiger partial charge in [0.15, 0.2) is 5.11 Å². The van der Waals surface area contributed by atoms with Gasteiger partial charge in [-0.3, -0.25) is 0 Å². The van der Waals surface area contributed by atoms with E-state index in [1.807, 2.05) is 12.1 Å². The first kappa shape index (κ1) is 14.6. The molecule has 3 saturated heterocycles. The number of rotatable bonds is 5. The Balaban J connectivity index is 1.41. The van der Waals surface area contributed by atoms with Crippen LogP contribution in [0.15, 0.2) is 35.5 Å². The Morgan fingerprint density at radius 3 is 3.10 bits per heavy atom. The van der Waals surface area contributed by atoms with Gasteiger partial charge in [0.05, 0.1) is 32.4 Å². The first-order valence-electron chi connectivity index (χ1n) is 7.77. The predicted octanol–water partition coefficient (Wildman–Crippen LogP) is 0.723. The van der Waals surface area contributed by atoms with Crippen LogP contribution in [0.1, 0.15) is 18.6 Å². The molecule has 0 aromatic carbocycles. The number of furan rings is 1. The summed E-state index contributed by atoms with van der Waals surface area (Å²) in [6, 6.07) is 4.52. The van der Waals surface area contributed by atoms with Crippen molar-refractivity contribution in [2.75, 3.05) is 19.6 Å². The normalized spacial score (nSPS) is 30.9.